The topological polar surface area (TPSA) is 74.3 Å². The average Bonchev–Trinajstić information content (AvgIpc) is 3.40. The molecule has 7 nitrogen and oxygen atoms in total. The van der Waals surface area contributed by atoms with Crippen molar-refractivity contribution in [3.63, 3.8) is 0 Å². The van der Waals surface area contributed by atoms with Crippen molar-refractivity contribution in [3.05, 3.63) is 161 Å². The maximum Gasteiger partial charge on any atom is 0.416 e. The van der Waals surface area contributed by atoms with E-state index in [1.807, 2.05) is 91.0 Å². The molecule has 0 saturated carbocycles. The maximum atomic E-state index is 13.9. The molecular weight excluding hydrogens is 647 g/mol. The Bertz CT molecular complexity index is 1920. The minimum atomic E-state index is -4.64. The van der Waals surface area contributed by atoms with E-state index in [0.717, 1.165) is 28.8 Å². The molecule has 0 aromatic heterocycles. The average molecular weight is 682 g/mol. The maximum absolute atomic E-state index is 13.9. The number of benzene rings is 5. The van der Waals surface area contributed by atoms with Gasteiger partial charge in [-0.2, -0.15) is 13.2 Å². The summed E-state index contributed by atoms with van der Waals surface area (Å²) in [6.07, 6.45) is -5.98. The number of hydrogen-bond donors (Lipinski definition) is 0. The van der Waals surface area contributed by atoms with Gasteiger partial charge in [-0.25, -0.2) is 4.79 Å². The fraction of sp³-hybridized carbons (Fsp3) is 0.200. The van der Waals surface area contributed by atoms with Gasteiger partial charge in [-0.05, 0) is 59.5 Å². The molecule has 0 N–H and O–H groups in total. The molecule has 0 bridgehead atoms. The summed E-state index contributed by atoms with van der Waals surface area (Å²) in [5.74, 6) is 0.0886. The van der Waals surface area contributed by atoms with Gasteiger partial charge in [-0.15, -0.1) is 0 Å². The molecule has 0 radical (unpaired) electrons. The van der Waals surface area contributed by atoms with Gasteiger partial charge in [0.25, 0.3) is 0 Å². The molecule has 2 atom stereocenters. The zero-order chi connectivity index (χ0) is 35.1. The first-order valence-corrected chi connectivity index (χ1v) is 16.0. The van der Waals surface area contributed by atoms with Crippen LogP contribution in [-0.4, -0.2) is 23.0 Å². The number of alkyl halides is 3. The molecule has 1 fully saturated rings. The molecule has 1 amide bonds. The first-order valence-electron chi connectivity index (χ1n) is 16.0. The highest BCUT2D eigenvalue weighted by atomic mass is 19.4. The zero-order valence-corrected chi connectivity index (χ0v) is 27.1. The Morgan fingerprint density at radius 3 is 2.02 bits per heavy atom. The lowest BCUT2D eigenvalue weighted by Crippen LogP contribution is -2.31. The lowest BCUT2D eigenvalue weighted by molar-refractivity contribution is -0.144. The first-order chi connectivity index (χ1) is 24.1. The number of carbonyl (C=O) groups is 2. The molecule has 5 aromatic rings. The number of ether oxygens (including phenoxy) is 4. The van der Waals surface area contributed by atoms with Gasteiger partial charge < -0.3 is 18.9 Å². The Labute approximate surface area is 287 Å². The van der Waals surface area contributed by atoms with Crippen LogP contribution in [0.15, 0.2) is 127 Å². The third kappa shape index (κ3) is 8.44. The molecule has 1 aliphatic heterocycles. The Hall–Kier alpha value is -5.77. The van der Waals surface area contributed by atoms with Crippen LogP contribution in [-0.2, 0) is 46.6 Å². The number of rotatable bonds is 12. The van der Waals surface area contributed by atoms with Crippen molar-refractivity contribution in [3.8, 4) is 17.2 Å². The largest absolute Gasteiger partial charge is 0.485 e. The van der Waals surface area contributed by atoms with Gasteiger partial charge in [0.2, 0.25) is 0 Å². The Kier molecular flexibility index (Phi) is 10.4. The third-order valence-corrected chi connectivity index (χ3v) is 8.30. The predicted octanol–water partition coefficient (Wildman–Crippen LogP) is 9.44. The van der Waals surface area contributed by atoms with Gasteiger partial charge >= 0.3 is 18.2 Å². The summed E-state index contributed by atoms with van der Waals surface area (Å²) in [5, 5.41) is 0. The molecule has 5 aromatic carbocycles. The molecule has 2 unspecified atom stereocenters. The Balaban J connectivity index is 1.29. The summed E-state index contributed by atoms with van der Waals surface area (Å²) in [7, 11) is 0. The van der Waals surface area contributed by atoms with E-state index >= 15 is 0 Å². The van der Waals surface area contributed by atoms with Crippen LogP contribution in [0.3, 0.4) is 0 Å². The Morgan fingerprint density at radius 2 is 1.36 bits per heavy atom. The van der Waals surface area contributed by atoms with Crippen molar-refractivity contribution < 1.29 is 41.7 Å². The van der Waals surface area contributed by atoms with Gasteiger partial charge in [0.1, 0.15) is 25.1 Å². The number of hydrogen-bond acceptors (Lipinski definition) is 6. The van der Waals surface area contributed by atoms with Gasteiger partial charge in [-0.1, -0.05) is 97.1 Å². The normalized spacial score (nSPS) is 15.8. The molecule has 10 heteroatoms. The third-order valence-electron chi connectivity index (χ3n) is 8.30. The second kappa shape index (κ2) is 15.2. The summed E-state index contributed by atoms with van der Waals surface area (Å²) >= 11 is 0. The molecular formula is C40H34F3NO6. The van der Waals surface area contributed by atoms with Crippen LogP contribution < -0.4 is 9.47 Å². The van der Waals surface area contributed by atoms with Crippen molar-refractivity contribution in [2.24, 2.45) is 0 Å². The van der Waals surface area contributed by atoms with Gasteiger partial charge in [0.05, 0.1) is 24.6 Å². The van der Waals surface area contributed by atoms with E-state index in [-0.39, 0.29) is 43.2 Å². The van der Waals surface area contributed by atoms with E-state index < -0.39 is 35.9 Å². The van der Waals surface area contributed by atoms with Gasteiger partial charge in [-0.3, -0.25) is 9.69 Å². The quantitative estimate of drug-likeness (QED) is 0.122. The first kappa shape index (κ1) is 34.1. The summed E-state index contributed by atoms with van der Waals surface area (Å²) < 4.78 is 65.3. The minimum Gasteiger partial charge on any atom is -0.485 e. The van der Waals surface area contributed by atoms with Crippen LogP contribution in [0.1, 0.15) is 46.4 Å². The highest BCUT2D eigenvalue weighted by Gasteiger charge is 2.40. The lowest BCUT2D eigenvalue weighted by Gasteiger charge is -2.23. The number of halogens is 3. The number of cyclic esters (lactones) is 1. The summed E-state index contributed by atoms with van der Waals surface area (Å²) in [5.41, 5.74) is 2.26. The summed E-state index contributed by atoms with van der Waals surface area (Å²) in [4.78, 5) is 27.2. The monoisotopic (exact) mass is 681 g/mol. The molecule has 1 heterocycles. The van der Waals surface area contributed by atoms with Crippen LogP contribution >= 0.6 is 0 Å². The zero-order valence-electron chi connectivity index (χ0n) is 27.1. The molecule has 50 heavy (non-hydrogen) atoms. The van der Waals surface area contributed by atoms with Crippen molar-refractivity contribution in [2.75, 3.05) is 0 Å². The fourth-order valence-corrected chi connectivity index (χ4v) is 5.64. The second-order valence-electron chi connectivity index (χ2n) is 11.9. The van der Waals surface area contributed by atoms with Crippen LogP contribution in [0, 0.1) is 0 Å². The Morgan fingerprint density at radius 1 is 0.740 bits per heavy atom. The van der Waals surface area contributed by atoms with E-state index in [1.165, 1.54) is 11.0 Å². The van der Waals surface area contributed by atoms with Gasteiger partial charge in [0.15, 0.2) is 11.5 Å². The summed E-state index contributed by atoms with van der Waals surface area (Å²) in [6, 6.07) is 35.4. The van der Waals surface area contributed by atoms with Crippen LogP contribution in [0.25, 0.3) is 0 Å². The lowest BCUT2D eigenvalue weighted by atomic mass is 10.0. The van der Waals surface area contributed by atoms with E-state index in [2.05, 4.69) is 0 Å². The number of nitrogens with zero attached hydrogens (tertiary/aromatic N) is 1. The highest BCUT2D eigenvalue weighted by molar-refractivity contribution is 5.73. The second-order valence-corrected chi connectivity index (χ2v) is 11.9. The molecule has 256 valence electrons. The van der Waals surface area contributed by atoms with E-state index in [4.69, 9.17) is 18.9 Å². The molecule has 6 rings (SSSR count). The van der Waals surface area contributed by atoms with Crippen molar-refractivity contribution >= 4 is 12.1 Å². The summed E-state index contributed by atoms with van der Waals surface area (Å²) in [6.45, 7) is 1.87. The van der Waals surface area contributed by atoms with Crippen LogP contribution in [0.5, 0.6) is 17.2 Å². The molecule has 1 aliphatic rings. The van der Waals surface area contributed by atoms with Crippen LogP contribution in [0.4, 0.5) is 18.0 Å². The van der Waals surface area contributed by atoms with Crippen molar-refractivity contribution in [1.82, 2.24) is 4.90 Å². The van der Waals surface area contributed by atoms with E-state index in [9.17, 15) is 22.8 Å². The predicted molar refractivity (Wildman–Crippen MR) is 179 cm³/mol. The molecule has 0 aliphatic carbocycles. The van der Waals surface area contributed by atoms with E-state index in [1.54, 1.807) is 25.1 Å². The minimum absolute atomic E-state index is 0.0783. The fourth-order valence-electron chi connectivity index (χ4n) is 5.64. The standard InChI is InChI=1S/C40H34F3NO6/c1-27-38(31-15-9-4-10-16-31)50-39(46)44(27)24-32-23-33(40(41,42)43)18-20-34(32)49-36-21-30(22-37(45)48-26-29-13-7-3-8-14-29)17-19-35(36)47-25-28-11-5-2-6-12-28/h2-21,23,27,38H,22,24-26H2,1H3. The van der Waals surface area contributed by atoms with Crippen molar-refractivity contribution in [2.45, 2.75) is 51.4 Å². The van der Waals surface area contributed by atoms with Crippen molar-refractivity contribution in [1.29, 1.82) is 0 Å². The van der Waals surface area contributed by atoms with Gasteiger partial charge in [0, 0.05) is 5.56 Å². The smallest absolute Gasteiger partial charge is 0.416 e. The highest BCUT2D eigenvalue weighted by Crippen LogP contribution is 2.40. The molecule has 0 spiro atoms. The van der Waals surface area contributed by atoms with E-state index in [0.29, 0.717) is 11.3 Å². The SMILES string of the molecule is CC1C(c2ccccc2)OC(=O)N1Cc1cc(C(F)(F)F)ccc1Oc1cc(CC(=O)OCc2ccccc2)ccc1OCc1ccccc1. The number of esters is 1. The van der Waals surface area contributed by atoms with Crippen LogP contribution in [0.2, 0.25) is 0 Å². The number of carbonyl (C=O) groups excluding carboxylic acids is 2. The number of amides is 1. The molecule has 1 saturated heterocycles.